The molecule has 0 bridgehead atoms. The van der Waals surface area contributed by atoms with Crippen molar-refractivity contribution in [2.75, 3.05) is 10.6 Å². The van der Waals surface area contributed by atoms with E-state index in [0.717, 1.165) is 3.57 Å². The minimum absolute atomic E-state index is 0.341. The van der Waals surface area contributed by atoms with Crippen molar-refractivity contribution in [2.45, 2.75) is 13.0 Å². The SMILES string of the molecule is CC(Oc1ccc(I)cc1)C(=O)Nc1ccccc1C(=O)Nc1nccs1. The van der Waals surface area contributed by atoms with Gasteiger partial charge in [0.2, 0.25) is 0 Å². The lowest BCUT2D eigenvalue weighted by atomic mass is 10.1. The Balaban J connectivity index is 1.68. The average molecular weight is 493 g/mol. The highest BCUT2D eigenvalue weighted by Gasteiger charge is 2.19. The first-order chi connectivity index (χ1) is 13.0. The summed E-state index contributed by atoms with van der Waals surface area (Å²) in [6.45, 7) is 1.66. The first-order valence-electron chi connectivity index (χ1n) is 8.06. The summed E-state index contributed by atoms with van der Waals surface area (Å²) in [4.78, 5) is 29.0. The van der Waals surface area contributed by atoms with Gasteiger partial charge in [0, 0.05) is 15.1 Å². The summed E-state index contributed by atoms with van der Waals surface area (Å²) in [5.74, 6) is -0.0806. The summed E-state index contributed by atoms with van der Waals surface area (Å²) in [5.41, 5.74) is 0.761. The number of ether oxygens (including phenoxy) is 1. The van der Waals surface area contributed by atoms with Gasteiger partial charge in [-0.1, -0.05) is 12.1 Å². The summed E-state index contributed by atoms with van der Waals surface area (Å²) in [5, 5.41) is 7.74. The number of para-hydroxylation sites is 1. The van der Waals surface area contributed by atoms with Gasteiger partial charge < -0.3 is 10.1 Å². The standard InChI is InChI=1S/C19H16IN3O3S/c1-12(26-14-8-6-13(20)7-9-14)17(24)22-16-5-3-2-4-15(16)18(25)23-19-21-10-11-27-19/h2-12H,1H3,(H,22,24)(H,21,23,25). The molecule has 3 rings (SSSR count). The van der Waals surface area contributed by atoms with Gasteiger partial charge in [-0.05, 0) is 65.9 Å². The molecule has 27 heavy (non-hydrogen) atoms. The third-order valence-electron chi connectivity index (χ3n) is 3.58. The number of amides is 2. The smallest absolute Gasteiger partial charge is 0.265 e. The number of anilines is 2. The van der Waals surface area contributed by atoms with E-state index < -0.39 is 6.10 Å². The van der Waals surface area contributed by atoms with Crippen LogP contribution in [-0.4, -0.2) is 22.9 Å². The fourth-order valence-electron chi connectivity index (χ4n) is 2.24. The Bertz CT molecular complexity index is 930. The van der Waals surface area contributed by atoms with Crippen molar-refractivity contribution < 1.29 is 14.3 Å². The molecule has 1 unspecified atom stereocenters. The zero-order valence-corrected chi connectivity index (χ0v) is 17.3. The Kier molecular flexibility index (Phi) is 6.40. The first kappa shape index (κ1) is 19.3. The summed E-state index contributed by atoms with van der Waals surface area (Å²) in [6, 6.07) is 14.2. The summed E-state index contributed by atoms with van der Waals surface area (Å²) >= 11 is 3.52. The molecule has 1 atom stereocenters. The predicted molar refractivity (Wildman–Crippen MR) is 114 cm³/mol. The van der Waals surface area contributed by atoms with E-state index in [9.17, 15) is 9.59 Å². The highest BCUT2D eigenvalue weighted by molar-refractivity contribution is 14.1. The largest absolute Gasteiger partial charge is 0.481 e. The lowest BCUT2D eigenvalue weighted by Gasteiger charge is -2.16. The molecule has 3 aromatic rings. The summed E-state index contributed by atoms with van der Waals surface area (Å²) in [6.07, 6.45) is 0.887. The van der Waals surface area contributed by atoms with Gasteiger partial charge in [0.1, 0.15) is 5.75 Å². The second kappa shape index (κ2) is 8.96. The zero-order valence-electron chi connectivity index (χ0n) is 14.3. The highest BCUT2D eigenvalue weighted by Crippen LogP contribution is 2.20. The normalized spacial score (nSPS) is 11.5. The maximum atomic E-state index is 12.5. The monoisotopic (exact) mass is 493 g/mol. The van der Waals surface area contributed by atoms with E-state index in [2.05, 4.69) is 38.2 Å². The maximum absolute atomic E-state index is 12.5. The van der Waals surface area contributed by atoms with Crippen molar-refractivity contribution in [1.29, 1.82) is 0 Å². The van der Waals surface area contributed by atoms with Crippen molar-refractivity contribution in [1.82, 2.24) is 4.98 Å². The Morgan fingerprint density at radius 1 is 1.11 bits per heavy atom. The average Bonchev–Trinajstić information content (AvgIpc) is 3.17. The minimum atomic E-state index is -0.722. The Labute approximate surface area is 174 Å². The van der Waals surface area contributed by atoms with E-state index in [1.54, 1.807) is 54.9 Å². The molecule has 0 saturated heterocycles. The second-order valence-electron chi connectivity index (χ2n) is 5.54. The van der Waals surface area contributed by atoms with Gasteiger partial charge in [0.15, 0.2) is 11.2 Å². The van der Waals surface area contributed by atoms with Crippen LogP contribution in [0.3, 0.4) is 0 Å². The topological polar surface area (TPSA) is 80.3 Å². The molecule has 0 aliphatic carbocycles. The quantitative estimate of drug-likeness (QED) is 0.499. The third-order valence-corrected chi connectivity index (χ3v) is 4.99. The van der Waals surface area contributed by atoms with Crippen molar-refractivity contribution in [3.8, 4) is 5.75 Å². The van der Waals surface area contributed by atoms with Crippen LogP contribution < -0.4 is 15.4 Å². The van der Waals surface area contributed by atoms with Gasteiger partial charge in [-0.3, -0.25) is 14.9 Å². The van der Waals surface area contributed by atoms with Gasteiger partial charge in [-0.15, -0.1) is 11.3 Å². The number of thiazole rings is 1. The number of benzene rings is 2. The molecule has 1 heterocycles. The Morgan fingerprint density at radius 3 is 2.56 bits per heavy atom. The molecule has 2 aromatic carbocycles. The van der Waals surface area contributed by atoms with Crippen LogP contribution in [0.15, 0.2) is 60.1 Å². The van der Waals surface area contributed by atoms with E-state index in [1.165, 1.54) is 11.3 Å². The highest BCUT2D eigenvalue weighted by atomic mass is 127. The number of hydrogen-bond acceptors (Lipinski definition) is 5. The van der Waals surface area contributed by atoms with Crippen LogP contribution >= 0.6 is 33.9 Å². The molecule has 8 heteroatoms. The number of nitrogens with one attached hydrogen (secondary N) is 2. The van der Waals surface area contributed by atoms with E-state index >= 15 is 0 Å². The number of nitrogens with zero attached hydrogens (tertiary/aromatic N) is 1. The number of rotatable bonds is 6. The van der Waals surface area contributed by atoms with E-state index in [4.69, 9.17) is 4.74 Å². The third kappa shape index (κ3) is 5.27. The molecule has 2 N–H and O–H groups in total. The van der Waals surface area contributed by atoms with Gasteiger partial charge in [0.25, 0.3) is 11.8 Å². The molecule has 1 aromatic heterocycles. The fourth-order valence-corrected chi connectivity index (χ4v) is 3.13. The van der Waals surface area contributed by atoms with E-state index in [1.807, 2.05) is 12.1 Å². The van der Waals surface area contributed by atoms with Crippen molar-refractivity contribution >= 4 is 56.6 Å². The maximum Gasteiger partial charge on any atom is 0.265 e. The number of halogens is 1. The molecular formula is C19H16IN3O3S. The van der Waals surface area contributed by atoms with Crippen LogP contribution in [0.5, 0.6) is 5.75 Å². The van der Waals surface area contributed by atoms with Crippen LogP contribution in [0.1, 0.15) is 17.3 Å². The number of aromatic nitrogens is 1. The molecule has 138 valence electrons. The van der Waals surface area contributed by atoms with E-state index in [0.29, 0.717) is 22.1 Å². The van der Waals surface area contributed by atoms with Crippen LogP contribution in [0, 0.1) is 3.57 Å². The Hall–Kier alpha value is -2.46. The van der Waals surface area contributed by atoms with Crippen LogP contribution in [0.25, 0.3) is 0 Å². The molecule has 0 saturated carbocycles. The summed E-state index contributed by atoms with van der Waals surface area (Å²) < 4.78 is 6.75. The van der Waals surface area contributed by atoms with Gasteiger partial charge in [0.05, 0.1) is 11.3 Å². The Morgan fingerprint density at radius 2 is 1.85 bits per heavy atom. The van der Waals surface area contributed by atoms with Gasteiger partial charge in [-0.25, -0.2) is 4.98 Å². The number of carbonyl (C=O) groups excluding carboxylic acids is 2. The molecule has 0 aliphatic rings. The molecule has 0 spiro atoms. The van der Waals surface area contributed by atoms with Crippen molar-refractivity contribution in [3.63, 3.8) is 0 Å². The van der Waals surface area contributed by atoms with Gasteiger partial charge in [-0.2, -0.15) is 0 Å². The molecule has 6 nitrogen and oxygen atoms in total. The fraction of sp³-hybridized carbons (Fsp3) is 0.105. The minimum Gasteiger partial charge on any atom is -0.481 e. The first-order valence-corrected chi connectivity index (χ1v) is 10.0. The zero-order chi connectivity index (χ0) is 19.2. The van der Waals surface area contributed by atoms with E-state index in [-0.39, 0.29) is 11.8 Å². The number of hydrogen-bond donors (Lipinski definition) is 2. The predicted octanol–water partition coefficient (Wildman–Crippen LogP) is 4.41. The molecule has 0 fully saturated rings. The molecule has 0 radical (unpaired) electrons. The second-order valence-corrected chi connectivity index (χ2v) is 7.68. The lowest BCUT2D eigenvalue weighted by molar-refractivity contribution is -0.122. The number of carbonyl (C=O) groups is 2. The van der Waals surface area contributed by atoms with Crippen LogP contribution in [-0.2, 0) is 4.79 Å². The summed E-state index contributed by atoms with van der Waals surface area (Å²) in [7, 11) is 0. The molecule has 0 aliphatic heterocycles. The lowest BCUT2D eigenvalue weighted by Crippen LogP contribution is -2.31. The van der Waals surface area contributed by atoms with Gasteiger partial charge >= 0.3 is 0 Å². The molecular weight excluding hydrogens is 477 g/mol. The molecule has 2 amide bonds. The van der Waals surface area contributed by atoms with Crippen LogP contribution in [0.2, 0.25) is 0 Å². The van der Waals surface area contributed by atoms with Crippen molar-refractivity contribution in [2.24, 2.45) is 0 Å². The van der Waals surface area contributed by atoms with Crippen molar-refractivity contribution in [3.05, 3.63) is 69.2 Å². The van der Waals surface area contributed by atoms with Crippen LogP contribution in [0.4, 0.5) is 10.8 Å².